The third-order valence-corrected chi connectivity index (χ3v) is 3.83. The molecule has 4 nitrogen and oxygen atoms in total. The molecule has 0 spiro atoms. The number of amides is 1. The van der Waals surface area contributed by atoms with Crippen LogP contribution in [0, 0.1) is 0 Å². The summed E-state index contributed by atoms with van der Waals surface area (Å²) in [5, 5.41) is 6.44. The van der Waals surface area contributed by atoms with Crippen LogP contribution in [0.3, 0.4) is 0 Å². The Bertz CT molecular complexity index is 239. The maximum Gasteiger partial charge on any atom is 0.237 e. The summed E-state index contributed by atoms with van der Waals surface area (Å²) in [6.45, 7) is 6.98. The molecule has 1 aliphatic carbocycles. The molecule has 18 heavy (non-hydrogen) atoms. The minimum atomic E-state index is -0.0859. The summed E-state index contributed by atoms with van der Waals surface area (Å²) in [7, 11) is 2.09. The lowest BCUT2D eigenvalue weighted by molar-refractivity contribution is -0.123. The predicted molar refractivity (Wildman–Crippen MR) is 75.7 cm³/mol. The van der Waals surface area contributed by atoms with Crippen molar-refractivity contribution in [2.45, 2.75) is 58.0 Å². The Morgan fingerprint density at radius 3 is 2.61 bits per heavy atom. The van der Waals surface area contributed by atoms with E-state index >= 15 is 0 Å². The van der Waals surface area contributed by atoms with Crippen LogP contribution >= 0.6 is 0 Å². The van der Waals surface area contributed by atoms with E-state index < -0.39 is 0 Å². The van der Waals surface area contributed by atoms with Crippen molar-refractivity contribution in [3.63, 3.8) is 0 Å². The fourth-order valence-corrected chi connectivity index (χ4v) is 2.30. The maximum absolute atomic E-state index is 12.0. The van der Waals surface area contributed by atoms with Gasteiger partial charge in [0, 0.05) is 19.1 Å². The molecule has 1 saturated carbocycles. The predicted octanol–water partition coefficient (Wildman–Crippen LogP) is 1.37. The van der Waals surface area contributed by atoms with Gasteiger partial charge >= 0.3 is 0 Å². The average molecular weight is 255 g/mol. The third-order valence-electron chi connectivity index (χ3n) is 3.83. The van der Waals surface area contributed by atoms with Crippen LogP contribution in [0.2, 0.25) is 0 Å². The molecular formula is C14H29N3O. The van der Waals surface area contributed by atoms with E-state index in [1.54, 1.807) is 0 Å². The summed E-state index contributed by atoms with van der Waals surface area (Å²) in [4.78, 5) is 14.2. The van der Waals surface area contributed by atoms with Gasteiger partial charge in [-0.05, 0) is 33.4 Å². The van der Waals surface area contributed by atoms with Crippen molar-refractivity contribution in [3.8, 4) is 0 Å². The second kappa shape index (κ2) is 8.48. The Kier molecular flexibility index (Phi) is 7.28. The molecule has 1 rings (SSSR count). The SMILES string of the molecule is CCN(C)CCNC(C)C(=O)NC1CCCCC1. The number of hydrogen-bond donors (Lipinski definition) is 2. The molecule has 4 heteroatoms. The molecule has 0 heterocycles. The molecule has 2 N–H and O–H groups in total. The highest BCUT2D eigenvalue weighted by molar-refractivity contribution is 5.81. The van der Waals surface area contributed by atoms with E-state index in [9.17, 15) is 4.79 Å². The zero-order chi connectivity index (χ0) is 13.4. The number of nitrogens with zero attached hydrogens (tertiary/aromatic N) is 1. The van der Waals surface area contributed by atoms with Gasteiger partial charge < -0.3 is 15.5 Å². The van der Waals surface area contributed by atoms with Gasteiger partial charge in [-0.1, -0.05) is 26.2 Å². The average Bonchev–Trinajstić information content (AvgIpc) is 2.39. The fourth-order valence-electron chi connectivity index (χ4n) is 2.30. The first-order chi connectivity index (χ1) is 8.63. The van der Waals surface area contributed by atoms with Gasteiger partial charge in [0.25, 0.3) is 0 Å². The topological polar surface area (TPSA) is 44.4 Å². The van der Waals surface area contributed by atoms with Crippen molar-refractivity contribution in [3.05, 3.63) is 0 Å². The van der Waals surface area contributed by atoms with Crippen LogP contribution in [-0.2, 0) is 4.79 Å². The smallest absolute Gasteiger partial charge is 0.237 e. The lowest BCUT2D eigenvalue weighted by Crippen LogP contribution is -2.48. The molecule has 1 aliphatic rings. The molecule has 1 amide bonds. The molecule has 1 atom stereocenters. The van der Waals surface area contributed by atoms with E-state index in [2.05, 4.69) is 29.5 Å². The summed E-state index contributed by atoms with van der Waals surface area (Å²) >= 11 is 0. The van der Waals surface area contributed by atoms with E-state index in [0.29, 0.717) is 6.04 Å². The summed E-state index contributed by atoms with van der Waals surface area (Å²) in [6, 6.07) is 0.325. The van der Waals surface area contributed by atoms with E-state index in [4.69, 9.17) is 0 Å². The van der Waals surface area contributed by atoms with Gasteiger partial charge in [0.05, 0.1) is 6.04 Å². The van der Waals surface area contributed by atoms with Crippen molar-refractivity contribution in [2.24, 2.45) is 0 Å². The van der Waals surface area contributed by atoms with Crippen molar-refractivity contribution in [1.29, 1.82) is 0 Å². The molecule has 0 aromatic rings. The molecule has 0 aliphatic heterocycles. The van der Waals surface area contributed by atoms with E-state index in [0.717, 1.165) is 32.5 Å². The summed E-state index contributed by atoms with van der Waals surface area (Å²) in [5.41, 5.74) is 0. The fraction of sp³-hybridized carbons (Fsp3) is 0.929. The van der Waals surface area contributed by atoms with Gasteiger partial charge in [-0.3, -0.25) is 4.79 Å². The lowest BCUT2D eigenvalue weighted by Gasteiger charge is -2.25. The molecule has 0 radical (unpaired) electrons. The van der Waals surface area contributed by atoms with Crippen LogP contribution in [-0.4, -0.2) is 49.6 Å². The highest BCUT2D eigenvalue weighted by atomic mass is 16.2. The maximum atomic E-state index is 12.0. The number of rotatable bonds is 7. The van der Waals surface area contributed by atoms with Crippen LogP contribution < -0.4 is 10.6 Å². The normalized spacial score (nSPS) is 18.9. The zero-order valence-corrected chi connectivity index (χ0v) is 12.2. The standard InChI is InChI=1S/C14H29N3O/c1-4-17(3)11-10-15-12(2)14(18)16-13-8-6-5-7-9-13/h12-13,15H,4-11H2,1-3H3,(H,16,18). The van der Waals surface area contributed by atoms with Crippen LogP contribution in [0.25, 0.3) is 0 Å². The molecule has 1 fully saturated rings. The van der Waals surface area contributed by atoms with Gasteiger partial charge in [-0.2, -0.15) is 0 Å². The van der Waals surface area contributed by atoms with Crippen LogP contribution in [0.15, 0.2) is 0 Å². The van der Waals surface area contributed by atoms with E-state index in [1.807, 2.05) is 6.92 Å². The summed E-state index contributed by atoms with van der Waals surface area (Å²) in [6.07, 6.45) is 6.14. The number of nitrogens with one attached hydrogen (secondary N) is 2. The van der Waals surface area contributed by atoms with E-state index in [1.165, 1.54) is 19.3 Å². The van der Waals surface area contributed by atoms with Gasteiger partial charge in [0.15, 0.2) is 0 Å². The first-order valence-electron chi connectivity index (χ1n) is 7.35. The molecular weight excluding hydrogens is 226 g/mol. The van der Waals surface area contributed by atoms with E-state index in [-0.39, 0.29) is 11.9 Å². The summed E-state index contributed by atoms with van der Waals surface area (Å²) in [5.74, 6) is 0.154. The first kappa shape index (κ1) is 15.4. The highest BCUT2D eigenvalue weighted by Crippen LogP contribution is 2.17. The Morgan fingerprint density at radius 1 is 1.33 bits per heavy atom. The van der Waals surface area contributed by atoms with Gasteiger partial charge in [-0.25, -0.2) is 0 Å². The Morgan fingerprint density at radius 2 is 2.00 bits per heavy atom. The number of likely N-dealkylation sites (N-methyl/N-ethyl adjacent to an activating group) is 1. The second-order valence-electron chi connectivity index (χ2n) is 5.42. The lowest BCUT2D eigenvalue weighted by atomic mass is 9.95. The Hall–Kier alpha value is -0.610. The second-order valence-corrected chi connectivity index (χ2v) is 5.42. The first-order valence-corrected chi connectivity index (χ1v) is 7.35. The summed E-state index contributed by atoms with van der Waals surface area (Å²) < 4.78 is 0. The van der Waals surface area contributed by atoms with Gasteiger partial charge in [0.1, 0.15) is 0 Å². The minimum Gasteiger partial charge on any atom is -0.352 e. The van der Waals surface area contributed by atoms with Gasteiger partial charge in [-0.15, -0.1) is 0 Å². The number of carbonyl (C=O) groups excluding carboxylic acids is 1. The molecule has 0 aromatic carbocycles. The van der Waals surface area contributed by atoms with Crippen LogP contribution in [0.1, 0.15) is 46.0 Å². The monoisotopic (exact) mass is 255 g/mol. The number of carbonyl (C=O) groups is 1. The molecule has 0 saturated heterocycles. The minimum absolute atomic E-state index is 0.0859. The Balaban J connectivity index is 2.15. The van der Waals surface area contributed by atoms with Crippen molar-refractivity contribution >= 4 is 5.91 Å². The van der Waals surface area contributed by atoms with Gasteiger partial charge in [0.2, 0.25) is 5.91 Å². The molecule has 1 unspecified atom stereocenters. The largest absolute Gasteiger partial charge is 0.352 e. The van der Waals surface area contributed by atoms with Crippen LogP contribution in [0.5, 0.6) is 0 Å². The highest BCUT2D eigenvalue weighted by Gasteiger charge is 2.18. The van der Waals surface area contributed by atoms with Crippen molar-refractivity contribution in [2.75, 3.05) is 26.7 Å². The quantitative estimate of drug-likeness (QED) is 0.722. The Labute approximate surface area is 111 Å². The van der Waals surface area contributed by atoms with Crippen molar-refractivity contribution in [1.82, 2.24) is 15.5 Å². The van der Waals surface area contributed by atoms with Crippen molar-refractivity contribution < 1.29 is 4.79 Å². The number of hydrogen-bond acceptors (Lipinski definition) is 3. The molecule has 0 bridgehead atoms. The van der Waals surface area contributed by atoms with Crippen LogP contribution in [0.4, 0.5) is 0 Å². The third kappa shape index (κ3) is 5.83. The molecule has 106 valence electrons. The molecule has 0 aromatic heterocycles. The zero-order valence-electron chi connectivity index (χ0n) is 12.2.